The molecule has 0 atom stereocenters. The summed E-state index contributed by atoms with van der Waals surface area (Å²) in [4.78, 5) is 6.86. The summed E-state index contributed by atoms with van der Waals surface area (Å²) in [6.07, 6.45) is 1.69. The first kappa shape index (κ1) is 18.1. The van der Waals surface area contributed by atoms with Crippen LogP contribution in [0.3, 0.4) is 0 Å². The van der Waals surface area contributed by atoms with Gasteiger partial charge in [0.25, 0.3) is 0 Å². The zero-order valence-electron chi connectivity index (χ0n) is 15.4. The Balaban J connectivity index is 1.53. The largest absolute Gasteiger partial charge is 0.360 e. The summed E-state index contributed by atoms with van der Waals surface area (Å²) in [5.74, 6) is 0.805. The topological polar surface area (TPSA) is 79.5 Å². The molecule has 8 heteroatoms. The Morgan fingerprint density at radius 2 is 1.89 bits per heavy atom. The molecule has 4 rings (SSSR count). The van der Waals surface area contributed by atoms with Crippen molar-refractivity contribution in [1.82, 2.24) is 19.3 Å². The predicted molar refractivity (Wildman–Crippen MR) is 102 cm³/mol. The highest BCUT2D eigenvalue weighted by atomic mass is 32.2. The SMILES string of the molecule is Cc1cc(CN2CCN(S(=O)(=O)c3ccc(C)c4ncccc34)CC2)on1. The van der Waals surface area contributed by atoms with Gasteiger partial charge in [0.2, 0.25) is 10.0 Å². The molecule has 0 radical (unpaired) electrons. The number of rotatable bonds is 4. The van der Waals surface area contributed by atoms with E-state index in [9.17, 15) is 8.42 Å². The lowest BCUT2D eigenvalue weighted by atomic mass is 10.1. The number of sulfonamides is 1. The predicted octanol–water partition coefficient (Wildman–Crippen LogP) is 2.35. The van der Waals surface area contributed by atoms with Crippen molar-refractivity contribution >= 4 is 20.9 Å². The van der Waals surface area contributed by atoms with Gasteiger partial charge >= 0.3 is 0 Å². The average molecular weight is 386 g/mol. The second-order valence-electron chi connectivity index (χ2n) is 6.90. The number of benzene rings is 1. The molecule has 27 heavy (non-hydrogen) atoms. The van der Waals surface area contributed by atoms with Gasteiger partial charge in [-0.25, -0.2) is 8.42 Å². The van der Waals surface area contributed by atoms with Crippen molar-refractivity contribution in [2.75, 3.05) is 26.2 Å². The fourth-order valence-electron chi connectivity index (χ4n) is 3.49. The molecule has 2 aromatic heterocycles. The zero-order valence-corrected chi connectivity index (χ0v) is 16.2. The molecule has 1 aliphatic rings. The van der Waals surface area contributed by atoms with E-state index < -0.39 is 10.0 Å². The van der Waals surface area contributed by atoms with Crippen molar-refractivity contribution in [2.24, 2.45) is 0 Å². The lowest BCUT2D eigenvalue weighted by Gasteiger charge is -2.33. The second kappa shape index (κ2) is 7.03. The molecule has 0 bridgehead atoms. The van der Waals surface area contributed by atoms with Crippen LogP contribution in [0.1, 0.15) is 17.0 Å². The second-order valence-corrected chi connectivity index (χ2v) is 8.80. The molecule has 142 valence electrons. The standard InChI is InChI=1S/C19H22N4O3S/c1-14-5-6-18(17-4-3-7-20-19(14)17)27(24,25)23-10-8-22(9-11-23)13-16-12-15(2)21-26-16/h3-7,12H,8-11,13H2,1-2H3. The first-order chi connectivity index (χ1) is 12.9. The molecular formula is C19H22N4O3S. The number of fused-ring (bicyclic) bond motifs is 1. The Hall–Kier alpha value is -2.29. The van der Waals surface area contributed by atoms with Crippen LogP contribution in [0.4, 0.5) is 0 Å². The molecule has 0 spiro atoms. The molecule has 3 aromatic rings. The molecule has 0 N–H and O–H groups in total. The summed E-state index contributed by atoms with van der Waals surface area (Å²) in [6.45, 7) is 6.68. The fraction of sp³-hybridized carbons (Fsp3) is 0.368. The van der Waals surface area contributed by atoms with Crippen LogP contribution in [0.2, 0.25) is 0 Å². The van der Waals surface area contributed by atoms with Crippen LogP contribution in [0.15, 0.2) is 45.9 Å². The summed E-state index contributed by atoms with van der Waals surface area (Å²) in [5.41, 5.74) is 2.56. The summed E-state index contributed by atoms with van der Waals surface area (Å²) >= 11 is 0. The van der Waals surface area contributed by atoms with Gasteiger partial charge in [-0.2, -0.15) is 4.31 Å². The van der Waals surface area contributed by atoms with Crippen LogP contribution in [-0.4, -0.2) is 53.9 Å². The molecule has 1 aromatic carbocycles. The number of pyridine rings is 1. The number of aromatic nitrogens is 2. The Labute approximate surface area is 158 Å². The van der Waals surface area contributed by atoms with Crippen molar-refractivity contribution < 1.29 is 12.9 Å². The fourth-order valence-corrected chi connectivity index (χ4v) is 5.10. The molecule has 1 aliphatic heterocycles. The number of hydrogen-bond donors (Lipinski definition) is 0. The van der Waals surface area contributed by atoms with E-state index in [1.807, 2.05) is 32.0 Å². The lowest BCUT2D eigenvalue weighted by Crippen LogP contribution is -2.48. The highest BCUT2D eigenvalue weighted by molar-refractivity contribution is 7.89. The first-order valence-electron chi connectivity index (χ1n) is 8.94. The van der Waals surface area contributed by atoms with Crippen LogP contribution in [0.25, 0.3) is 10.9 Å². The zero-order chi connectivity index (χ0) is 19.0. The summed E-state index contributed by atoms with van der Waals surface area (Å²) in [6, 6.07) is 9.03. The molecule has 0 amide bonds. The molecule has 3 heterocycles. The molecule has 7 nitrogen and oxygen atoms in total. The van der Waals surface area contributed by atoms with Gasteiger partial charge in [-0.3, -0.25) is 9.88 Å². The van der Waals surface area contributed by atoms with Crippen molar-refractivity contribution in [2.45, 2.75) is 25.3 Å². The molecule has 0 unspecified atom stereocenters. The third kappa shape index (κ3) is 3.47. The Kier molecular flexibility index (Phi) is 4.71. The minimum absolute atomic E-state index is 0.329. The molecule has 1 fully saturated rings. The summed E-state index contributed by atoms with van der Waals surface area (Å²) in [7, 11) is -3.57. The van der Waals surface area contributed by atoms with Gasteiger partial charge in [0.1, 0.15) is 0 Å². The third-order valence-electron chi connectivity index (χ3n) is 4.94. The number of aryl methyl sites for hydroxylation is 2. The highest BCUT2D eigenvalue weighted by Gasteiger charge is 2.30. The Morgan fingerprint density at radius 1 is 1.11 bits per heavy atom. The van der Waals surface area contributed by atoms with Crippen molar-refractivity contribution in [3.05, 3.63) is 53.5 Å². The maximum Gasteiger partial charge on any atom is 0.243 e. The third-order valence-corrected chi connectivity index (χ3v) is 6.89. The van der Waals surface area contributed by atoms with Crippen molar-refractivity contribution in [3.63, 3.8) is 0 Å². The number of piperazine rings is 1. The molecule has 0 saturated carbocycles. The number of hydrogen-bond acceptors (Lipinski definition) is 6. The smallest absolute Gasteiger partial charge is 0.243 e. The number of nitrogens with zero attached hydrogens (tertiary/aromatic N) is 4. The highest BCUT2D eigenvalue weighted by Crippen LogP contribution is 2.27. The van der Waals surface area contributed by atoms with Crippen LogP contribution >= 0.6 is 0 Å². The maximum absolute atomic E-state index is 13.2. The van der Waals surface area contributed by atoms with Crippen LogP contribution in [-0.2, 0) is 16.6 Å². The van der Waals surface area contributed by atoms with Gasteiger partial charge in [0, 0.05) is 43.8 Å². The Morgan fingerprint density at radius 3 is 2.59 bits per heavy atom. The monoisotopic (exact) mass is 386 g/mol. The molecular weight excluding hydrogens is 364 g/mol. The lowest BCUT2D eigenvalue weighted by molar-refractivity contribution is 0.166. The Bertz CT molecular complexity index is 1070. The van der Waals surface area contributed by atoms with Gasteiger partial charge in [-0.15, -0.1) is 0 Å². The van der Waals surface area contributed by atoms with Crippen LogP contribution < -0.4 is 0 Å². The van der Waals surface area contributed by atoms with E-state index in [2.05, 4.69) is 15.0 Å². The minimum Gasteiger partial charge on any atom is -0.360 e. The molecule has 1 saturated heterocycles. The van der Waals surface area contributed by atoms with Crippen LogP contribution in [0, 0.1) is 13.8 Å². The summed E-state index contributed by atoms with van der Waals surface area (Å²) in [5, 5.41) is 4.58. The van der Waals surface area contributed by atoms with E-state index in [-0.39, 0.29) is 0 Å². The van der Waals surface area contributed by atoms with E-state index in [1.165, 1.54) is 0 Å². The van der Waals surface area contributed by atoms with Gasteiger partial charge in [-0.05, 0) is 37.6 Å². The quantitative estimate of drug-likeness (QED) is 0.685. The van der Waals surface area contributed by atoms with E-state index in [4.69, 9.17) is 4.52 Å². The minimum atomic E-state index is -3.57. The summed E-state index contributed by atoms with van der Waals surface area (Å²) < 4.78 is 33.3. The van der Waals surface area contributed by atoms with Gasteiger partial charge < -0.3 is 4.52 Å². The van der Waals surface area contributed by atoms with Gasteiger partial charge in [-0.1, -0.05) is 11.2 Å². The van der Waals surface area contributed by atoms with Gasteiger partial charge in [0.05, 0.1) is 22.7 Å². The van der Waals surface area contributed by atoms with Gasteiger partial charge in [0.15, 0.2) is 5.76 Å². The molecule has 0 aliphatic carbocycles. The first-order valence-corrected chi connectivity index (χ1v) is 10.4. The normalized spacial score (nSPS) is 16.8. The van der Waals surface area contributed by atoms with Crippen molar-refractivity contribution in [3.8, 4) is 0 Å². The van der Waals surface area contributed by atoms with Crippen LogP contribution in [0.5, 0.6) is 0 Å². The van der Waals surface area contributed by atoms with E-state index in [1.54, 1.807) is 22.6 Å². The van der Waals surface area contributed by atoms with E-state index >= 15 is 0 Å². The van der Waals surface area contributed by atoms with Crippen molar-refractivity contribution in [1.29, 1.82) is 0 Å². The average Bonchev–Trinajstić information content (AvgIpc) is 3.07. The van der Waals surface area contributed by atoms with E-state index in [0.717, 1.165) is 22.5 Å². The van der Waals surface area contributed by atoms with E-state index in [0.29, 0.717) is 43.0 Å². The maximum atomic E-state index is 13.2.